The fraction of sp³-hybridized carbons (Fsp3) is 0.441. The van der Waals surface area contributed by atoms with Crippen LogP contribution in [0.5, 0.6) is 0 Å². The minimum Gasteiger partial charge on any atom is -0.394 e. The van der Waals surface area contributed by atoms with E-state index >= 15 is 0 Å². The monoisotopic (exact) mass is 649 g/mol. The van der Waals surface area contributed by atoms with Gasteiger partial charge in [-0.25, -0.2) is 0 Å². The molecular weight excluding hydrogens is 610 g/mol. The number of para-hydroxylation sites is 1. The van der Waals surface area contributed by atoms with Gasteiger partial charge in [-0.2, -0.15) is 0 Å². The van der Waals surface area contributed by atoms with E-state index in [1.807, 2.05) is 81.4 Å². The summed E-state index contributed by atoms with van der Waals surface area (Å²) in [7, 11) is 0. The second-order valence-corrected chi connectivity index (χ2v) is 13.7. The summed E-state index contributed by atoms with van der Waals surface area (Å²) < 4.78 is 6.76. The summed E-state index contributed by atoms with van der Waals surface area (Å²) in [6.45, 7) is 13.7. The van der Waals surface area contributed by atoms with E-state index in [2.05, 4.69) is 29.1 Å². The van der Waals surface area contributed by atoms with Gasteiger partial charge in [-0.3, -0.25) is 14.4 Å². The third kappa shape index (κ3) is 5.15. The van der Waals surface area contributed by atoms with Crippen molar-refractivity contribution in [1.82, 2.24) is 9.80 Å². The number of fused-ring (bicyclic) bond motifs is 1. The zero-order valence-electron chi connectivity index (χ0n) is 24.9. The number of carbonyl (C=O) groups excluding carboxylic acids is 3. The van der Waals surface area contributed by atoms with E-state index in [-0.39, 0.29) is 35.6 Å². The van der Waals surface area contributed by atoms with Crippen molar-refractivity contribution in [3.05, 3.63) is 91.5 Å². The number of ether oxygens (including phenoxy) is 1. The molecule has 228 valence electrons. The molecule has 5 rings (SSSR count). The molecule has 0 saturated carbocycles. The Morgan fingerprint density at radius 3 is 2.23 bits per heavy atom. The number of carbonyl (C=O) groups is 3. The second-order valence-electron chi connectivity index (χ2n) is 12.5. The van der Waals surface area contributed by atoms with Crippen molar-refractivity contribution < 1.29 is 24.2 Å². The molecule has 8 nitrogen and oxygen atoms in total. The lowest BCUT2D eigenvalue weighted by Crippen LogP contribution is -2.60. The normalized spacial score (nSPS) is 28.3. The van der Waals surface area contributed by atoms with E-state index in [1.165, 1.54) is 4.90 Å². The van der Waals surface area contributed by atoms with Crippen LogP contribution in [0.15, 0.2) is 86.0 Å². The van der Waals surface area contributed by atoms with E-state index in [4.69, 9.17) is 4.74 Å². The number of hydrogen-bond acceptors (Lipinski definition) is 5. The molecule has 0 aromatic heterocycles. The lowest BCUT2D eigenvalue weighted by molar-refractivity contribution is -0.154. The van der Waals surface area contributed by atoms with E-state index < -0.39 is 47.8 Å². The number of hydrogen-bond donors (Lipinski definition) is 1. The third-order valence-electron chi connectivity index (χ3n) is 8.97. The number of nitrogens with zero attached hydrogens (tertiary/aromatic N) is 3. The molecule has 2 aromatic carbocycles. The maximum atomic E-state index is 14.8. The number of benzene rings is 2. The molecule has 2 bridgehead atoms. The molecular formula is C34H40BrN3O5. The van der Waals surface area contributed by atoms with Crippen molar-refractivity contribution in [2.24, 2.45) is 11.8 Å². The molecule has 9 heteroatoms. The molecule has 3 unspecified atom stereocenters. The summed E-state index contributed by atoms with van der Waals surface area (Å²) in [4.78, 5) is 48.6. The standard InChI is InChI=1S/C34H40BrN3O5/c1-6-18-36(23-16-12-9-13-17-23)30(40)26-27-31(41)38(25(21-39)22-14-10-8-11-15-22)29(34(27)20-24(35)28(26)43-34)32(42)37(19-7-2)33(3,4)5/h6-17,24-29,39H,1-2,18-21H2,3-5H3/t24?,25-,26-,27+,28-,29?,34?/m1/s1. The van der Waals surface area contributed by atoms with Gasteiger partial charge in [-0.1, -0.05) is 76.6 Å². The van der Waals surface area contributed by atoms with E-state index in [9.17, 15) is 19.5 Å². The lowest BCUT2D eigenvalue weighted by atomic mass is 9.70. The van der Waals surface area contributed by atoms with Crippen molar-refractivity contribution in [3.63, 3.8) is 0 Å². The molecule has 0 radical (unpaired) electrons. The van der Waals surface area contributed by atoms with Crippen molar-refractivity contribution in [2.75, 3.05) is 24.6 Å². The number of alkyl halides is 1. The summed E-state index contributed by atoms with van der Waals surface area (Å²) >= 11 is 3.77. The molecule has 0 aliphatic carbocycles. The van der Waals surface area contributed by atoms with Crippen LogP contribution in [-0.2, 0) is 19.1 Å². The molecule has 3 saturated heterocycles. The summed E-state index contributed by atoms with van der Waals surface area (Å²) in [5.41, 5.74) is -0.475. The van der Waals surface area contributed by atoms with Crippen LogP contribution in [0.4, 0.5) is 5.69 Å². The first kappa shape index (κ1) is 31.2. The third-order valence-corrected chi connectivity index (χ3v) is 9.82. The van der Waals surface area contributed by atoms with Gasteiger partial charge in [0.1, 0.15) is 11.6 Å². The minimum atomic E-state index is -1.27. The van der Waals surface area contributed by atoms with Crippen LogP contribution in [-0.4, -0.2) is 80.4 Å². The molecule has 43 heavy (non-hydrogen) atoms. The Kier molecular flexibility index (Phi) is 8.71. The van der Waals surface area contributed by atoms with Crippen LogP contribution in [0.25, 0.3) is 0 Å². The summed E-state index contributed by atoms with van der Waals surface area (Å²) in [6, 6.07) is 16.6. The molecule has 3 aliphatic heterocycles. The molecule has 3 amide bonds. The predicted molar refractivity (Wildman–Crippen MR) is 169 cm³/mol. The number of anilines is 1. The minimum absolute atomic E-state index is 0.249. The number of aliphatic hydroxyl groups excluding tert-OH is 1. The average molecular weight is 651 g/mol. The van der Waals surface area contributed by atoms with Gasteiger partial charge in [0.05, 0.1) is 30.6 Å². The van der Waals surface area contributed by atoms with Crippen molar-refractivity contribution >= 4 is 39.3 Å². The molecule has 3 fully saturated rings. The molecule has 3 aliphatic rings. The topological polar surface area (TPSA) is 90.4 Å². The van der Waals surface area contributed by atoms with Crippen LogP contribution in [0, 0.1) is 11.8 Å². The van der Waals surface area contributed by atoms with Gasteiger partial charge in [-0.05, 0) is 44.9 Å². The highest BCUT2D eigenvalue weighted by Gasteiger charge is 2.77. The quantitative estimate of drug-likeness (QED) is 0.302. The van der Waals surface area contributed by atoms with Gasteiger partial charge >= 0.3 is 0 Å². The zero-order valence-corrected chi connectivity index (χ0v) is 26.5. The van der Waals surface area contributed by atoms with Crippen molar-refractivity contribution in [1.29, 1.82) is 0 Å². The van der Waals surface area contributed by atoms with Gasteiger partial charge in [0.25, 0.3) is 0 Å². The van der Waals surface area contributed by atoms with Crippen LogP contribution >= 0.6 is 15.9 Å². The average Bonchev–Trinajstić information content (AvgIpc) is 3.58. The largest absolute Gasteiger partial charge is 0.394 e. The second kappa shape index (κ2) is 12.0. The molecule has 3 heterocycles. The van der Waals surface area contributed by atoms with E-state index in [1.54, 1.807) is 22.0 Å². The van der Waals surface area contributed by atoms with Gasteiger partial charge < -0.3 is 24.5 Å². The van der Waals surface area contributed by atoms with Gasteiger partial charge in [0, 0.05) is 29.1 Å². The van der Waals surface area contributed by atoms with Gasteiger partial charge in [-0.15, -0.1) is 13.2 Å². The highest BCUT2D eigenvalue weighted by atomic mass is 79.9. The summed E-state index contributed by atoms with van der Waals surface area (Å²) in [6.07, 6.45) is 3.08. The highest BCUT2D eigenvalue weighted by molar-refractivity contribution is 9.09. The summed E-state index contributed by atoms with van der Waals surface area (Å²) in [5, 5.41) is 10.8. The number of likely N-dealkylation sites (tertiary alicyclic amines) is 1. The fourth-order valence-corrected chi connectivity index (χ4v) is 8.15. The maximum absolute atomic E-state index is 14.8. The number of halogens is 1. The fourth-order valence-electron chi connectivity index (χ4n) is 7.20. The Bertz CT molecular complexity index is 1380. The van der Waals surface area contributed by atoms with E-state index in [0.717, 1.165) is 0 Å². The van der Waals surface area contributed by atoms with Gasteiger partial charge in [0.15, 0.2) is 0 Å². The van der Waals surface area contributed by atoms with Crippen LogP contribution in [0.3, 0.4) is 0 Å². The Balaban J connectivity index is 1.66. The highest BCUT2D eigenvalue weighted by Crippen LogP contribution is 2.61. The SMILES string of the molecule is C=CCN(C(=O)[C@H]1[C@@H]2OC3(CC2Br)C(C(=O)N(CC=C)C(C)(C)C)N([C@H](CO)c2ccccc2)C(=O)[C@H]13)c1ccccc1. The smallest absolute Gasteiger partial charge is 0.249 e. The Hall–Kier alpha value is -3.27. The Morgan fingerprint density at radius 2 is 1.67 bits per heavy atom. The molecule has 1 spiro atoms. The lowest BCUT2D eigenvalue weighted by Gasteiger charge is -2.43. The van der Waals surface area contributed by atoms with Crippen molar-refractivity contribution in [3.8, 4) is 0 Å². The Labute approximate surface area is 262 Å². The maximum Gasteiger partial charge on any atom is 0.249 e. The number of amides is 3. The first-order valence-electron chi connectivity index (χ1n) is 14.7. The van der Waals surface area contributed by atoms with Crippen LogP contribution in [0.2, 0.25) is 0 Å². The first-order chi connectivity index (χ1) is 20.5. The molecule has 7 atom stereocenters. The molecule has 2 aromatic rings. The predicted octanol–water partition coefficient (Wildman–Crippen LogP) is 4.50. The van der Waals surface area contributed by atoms with Crippen LogP contribution < -0.4 is 4.90 Å². The number of rotatable bonds is 10. The van der Waals surface area contributed by atoms with Crippen LogP contribution in [0.1, 0.15) is 38.8 Å². The number of aliphatic hydroxyl groups is 1. The van der Waals surface area contributed by atoms with Gasteiger partial charge in [0.2, 0.25) is 17.7 Å². The zero-order chi connectivity index (χ0) is 31.1. The summed E-state index contributed by atoms with van der Waals surface area (Å²) in [5.74, 6) is -2.67. The first-order valence-corrected chi connectivity index (χ1v) is 15.6. The Morgan fingerprint density at radius 1 is 1.07 bits per heavy atom. The molecule has 1 N–H and O–H groups in total. The van der Waals surface area contributed by atoms with E-state index in [0.29, 0.717) is 17.7 Å². The van der Waals surface area contributed by atoms with Crippen molar-refractivity contribution in [2.45, 2.75) is 61.3 Å².